The molecule has 19 heteroatoms. The smallest absolute Gasteiger partial charge is 0.394 e. The number of nitrogens with two attached hydrogens (primary N) is 1. The third-order valence-electron chi connectivity index (χ3n) is 7.50. The van der Waals surface area contributed by atoms with Crippen molar-refractivity contribution >= 4 is 5.91 Å². The quantitative estimate of drug-likeness (QED) is 0.147. The van der Waals surface area contributed by atoms with E-state index in [-0.39, 0.29) is 49.5 Å². The lowest BCUT2D eigenvalue weighted by atomic mass is 10.1. The molecule has 6 N–H and O–H groups in total. The number of nitrogens with zero attached hydrogens (tertiary/aromatic N) is 2. The zero-order valence-electron chi connectivity index (χ0n) is 28.1. The molecular formula is C33H39F3N6O10. The van der Waals surface area contributed by atoms with Crippen LogP contribution in [0.2, 0.25) is 0 Å². The summed E-state index contributed by atoms with van der Waals surface area (Å²) in [5.41, 5.74) is 2.57. The Hall–Kier alpha value is -5.02. The Balaban J connectivity index is 0.000000288. The minimum atomic E-state index is -5.04. The normalized spacial score (nSPS) is 22.2. The first-order valence-electron chi connectivity index (χ1n) is 15.9. The number of H-pyrrole nitrogens is 2. The van der Waals surface area contributed by atoms with Crippen molar-refractivity contribution in [2.24, 2.45) is 5.73 Å². The van der Waals surface area contributed by atoms with Gasteiger partial charge >= 0.3 is 23.5 Å². The molecule has 2 aliphatic heterocycles. The number of rotatable bonds is 11. The SMILES string of the molecule is C=CCOC1CC(n2cc(C#CCN)c(=O)[nH]c2=O)OC1CC.C=CCOC1CC(n2cc(C#CCNC(=O)C(F)(F)F)c(=O)[nH]c2=O)OC1CO. The Morgan fingerprint density at radius 1 is 0.962 bits per heavy atom. The number of carbonyl (C=O) groups excluding carboxylic acids is 1. The summed E-state index contributed by atoms with van der Waals surface area (Å²) in [7, 11) is 0. The van der Waals surface area contributed by atoms with Gasteiger partial charge in [-0.25, -0.2) is 9.59 Å². The fraction of sp³-hybridized carbons (Fsp3) is 0.485. The molecule has 282 valence electrons. The number of aliphatic hydroxyl groups excluding tert-OH is 1. The van der Waals surface area contributed by atoms with Gasteiger partial charge in [0.1, 0.15) is 29.7 Å². The lowest BCUT2D eigenvalue weighted by molar-refractivity contribution is -0.173. The summed E-state index contributed by atoms with van der Waals surface area (Å²) < 4.78 is 61.3. The summed E-state index contributed by atoms with van der Waals surface area (Å²) in [5.74, 6) is 7.60. The third kappa shape index (κ3) is 11.2. The molecule has 0 spiro atoms. The predicted molar refractivity (Wildman–Crippen MR) is 179 cm³/mol. The number of halogens is 3. The standard InChI is InChI=1S/C17H18F3N3O6.C16H21N3O4/c1-2-6-28-11-7-13(29-12(11)9-24)23-8-10(14(25)22-16(23)27)4-3-5-21-15(26)17(18,19)20;1-3-8-22-13-9-14(23-12(13)4-2)19-10-11(6-5-7-17)15(20)18-16(19)21/h2,8,11-13,24H,1,5-7,9H2,(H,21,26)(H,22,25,27);3,10,12-14H,1,4,7-9,17H2,2H3,(H,18,20,21). The van der Waals surface area contributed by atoms with Crippen molar-refractivity contribution < 1.29 is 42.0 Å². The van der Waals surface area contributed by atoms with Crippen LogP contribution in [0.4, 0.5) is 13.2 Å². The zero-order chi connectivity index (χ0) is 38.4. The van der Waals surface area contributed by atoms with Crippen molar-refractivity contribution in [1.82, 2.24) is 24.4 Å². The number of amides is 1. The highest BCUT2D eigenvalue weighted by Gasteiger charge is 2.39. The van der Waals surface area contributed by atoms with Crippen molar-refractivity contribution in [3.8, 4) is 23.7 Å². The monoisotopic (exact) mass is 736 g/mol. The second kappa shape index (κ2) is 19.6. The van der Waals surface area contributed by atoms with E-state index in [9.17, 15) is 42.3 Å². The number of aromatic nitrogens is 4. The van der Waals surface area contributed by atoms with Gasteiger partial charge in [0.25, 0.3) is 11.1 Å². The Morgan fingerprint density at radius 2 is 1.44 bits per heavy atom. The minimum absolute atomic E-state index is 0.114. The summed E-state index contributed by atoms with van der Waals surface area (Å²) in [6.07, 6.45) is -0.707. The number of aromatic amines is 2. The lowest BCUT2D eigenvalue weighted by Gasteiger charge is -2.16. The van der Waals surface area contributed by atoms with E-state index in [1.54, 1.807) is 6.08 Å². The molecule has 6 atom stereocenters. The molecule has 2 aromatic rings. The second-order valence-corrected chi connectivity index (χ2v) is 11.0. The molecule has 0 radical (unpaired) electrons. The molecule has 0 aliphatic carbocycles. The molecule has 4 heterocycles. The third-order valence-corrected chi connectivity index (χ3v) is 7.50. The van der Waals surface area contributed by atoms with E-state index in [4.69, 9.17) is 24.7 Å². The summed E-state index contributed by atoms with van der Waals surface area (Å²) >= 11 is 0. The first-order chi connectivity index (χ1) is 24.8. The van der Waals surface area contributed by atoms with Crippen molar-refractivity contribution in [2.45, 2.75) is 69.2 Å². The van der Waals surface area contributed by atoms with Crippen LogP contribution in [0, 0.1) is 23.7 Å². The molecule has 2 fully saturated rings. The number of ether oxygens (including phenoxy) is 4. The summed E-state index contributed by atoms with van der Waals surface area (Å²) in [5, 5.41) is 10.9. The Labute approximate surface area is 294 Å². The average Bonchev–Trinajstić information content (AvgIpc) is 3.72. The average molecular weight is 737 g/mol. The molecule has 2 aromatic heterocycles. The van der Waals surface area contributed by atoms with E-state index in [1.165, 1.54) is 22.2 Å². The van der Waals surface area contributed by atoms with E-state index in [0.29, 0.717) is 13.0 Å². The van der Waals surface area contributed by atoms with Crippen LogP contribution in [0.1, 0.15) is 49.8 Å². The molecular weight excluding hydrogens is 697 g/mol. The second-order valence-electron chi connectivity index (χ2n) is 11.0. The van der Waals surface area contributed by atoms with Crippen LogP contribution in [0.5, 0.6) is 0 Å². The Morgan fingerprint density at radius 3 is 1.88 bits per heavy atom. The molecule has 6 unspecified atom stereocenters. The van der Waals surface area contributed by atoms with Crippen molar-refractivity contribution in [1.29, 1.82) is 0 Å². The van der Waals surface area contributed by atoms with Gasteiger partial charge in [-0.1, -0.05) is 42.8 Å². The molecule has 4 rings (SSSR count). The minimum Gasteiger partial charge on any atom is -0.394 e. The highest BCUT2D eigenvalue weighted by atomic mass is 19.4. The van der Waals surface area contributed by atoms with E-state index in [2.05, 4.69) is 41.8 Å². The molecule has 0 aromatic carbocycles. The van der Waals surface area contributed by atoms with Crippen LogP contribution in [-0.4, -0.2) is 93.6 Å². The van der Waals surface area contributed by atoms with Gasteiger partial charge in [0.15, 0.2) is 0 Å². The summed E-state index contributed by atoms with van der Waals surface area (Å²) in [6.45, 7) is 8.89. The van der Waals surface area contributed by atoms with Gasteiger partial charge in [0.05, 0.1) is 51.2 Å². The van der Waals surface area contributed by atoms with E-state index in [0.717, 1.165) is 17.2 Å². The van der Waals surface area contributed by atoms with Gasteiger partial charge in [-0.3, -0.25) is 33.5 Å². The molecule has 2 saturated heterocycles. The lowest BCUT2D eigenvalue weighted by Crippen LogP contribution is -2.37. The summed E-state index contributed by atoms with van der Waals surface area (Å²) in [4.78, 5) is 62.8. The van der Waals surface area contributed by atoms with Crippen LogP contribution in [0.25, 0.3) is 0 Å². The van der Waals surface area contributed by atoms with Crippen molar-refractivity contribution in [3.63, 3.8) is 0 Å². The van der Waals surface area contributed by atoms with E-state index < -0.39 is 65.8 Å². The number of carbonyl (C=O) groups is 1. The number of hydrogen-bond acceptors (Lipinski definition) is 11. The molecule has 52 heavy (non-hydrogen) atoms. The predicted octanol–water partition coefficient (Wildman–Crippen LogP) is -0.467. The summed E-state index contributed by atoms with van der Waals surface area (Å²) in [6, 6.07) is 0. The molecule has 2 aliphatic rings. The number of hydrogen-bond donors (Lipinski definition) is 5. The maximum Gasteiger partial charge on any atom is 0.471 e. The van der Waals surface area contributed by atoms with Gasteiger partial charge in [0, 0.05) is 25.2 Å². The van der Waals surface area contributed by atoms with Gasteiger partial charge in [0.2, 0.25) is 0 Å². The van der Waals surface area contributed by atoms with Crippen LogP contribution in [0.15, 0.2) is 56.9 Å². The van der Waals surface area contributed by atoms with Gasteiger partial charge in [-0.2, -0.15) is 13.2 Å². The van der Waals surface area contributed by atoms with Crippen molar-refractivity contribution in [2.75, 3.05) is 32.9 Å². The highest BCUT2D eigenvalue weighted by Crippen LogP contribution is 2.32. The van der Waals surface area contributed by atoms with Gasteiger partial charge in [-0.05, 0) is 6.42 Å². The highest BCUT2D eigenvalue weighted by molar-refractivity contribution is 5.81. The maximum absolute atomic E-state index is 12.1. The molecule has 0 saturated carbocycles. The Bertz CT molecular complexity index is 1930. The first kappa shape index (κ1) is 41.4. The fourth-order valence-electron chi connectivity index (χ4n) is 5.09. The van der Waals surface area contributed by atoms with E-state index in [1.807, 2.05) is 11.9 Å². The number of alkyl halides is 3. The van der Waals surface area contributed by atoms with Crippen LogP contribution >= 0.6 is 0 Å². The van der Waals surface area contributed by atoms with Crippen LogP contribution in [-0.2, 0) is 23.7 Å². The fourth-order valence-corrected chi connectivity index (χ4v) is 5.09. The van der Waals surface area contributed by atoms with Crippen LogP contribution in [0.3, 0.4) is 0 Å². The van der Waals surface area contributed by atoms with Gasteiger partial charge < -0.3 is 35.1 Å². The number of nitrogens with one attached hydrogen (secondary N) is 3. The topological polar surface area (TPSA) is 222 Å². The largest absolute Gasteiger partial charge is 0.471 e. The van der Waals surface area contributed by atoms with Crippen LogP contribution < -0.4 is 33.5 Å². The molecule has 0 bridgehead atoms. The Kier molecular flexibility index (Phi) is 15.6. The van der Waals surface area contributed by atoms with Crippen molar-refractivity contribution in [3.05, 3.63) is 90.5 Å². The van der Waals surface area contributed by atoms with Gasteiger partial charge in [-0.15, -0.1) is 13.2 Å². The maximum atomic E-state index is 12.1. The molecule has 16 nitrogen and oxygen atoms in total. The van der Waals surface area contributed by atoms with E-state index >= 15 is 0 Å². The molecule has 1 amide bonds. The first-order valence-corrected chi connectivity index (χ1v) is 15.9. The zero-order valence-corrected chi connectivity index (χ0v) is 28.1. The number of aliphatic hydroxyl groups is 1.